The third kappa shape index (κ3) is 14700. The van der Waals surface area contributed by atoms with Gasteiger partial charge in [0.25, 0.3) is 0 Å². The summed E-state index contributed by atoms with van der Waals surface area (Å²) in [5.41, 5.74) is 0. The molecule has 63 heteroatoms. The predicted octanol–water partition coefficient (Wildman–Crippen LogP) is -13.1. The Bertz CT molecular complexity index is 1040. The Morgan fingerprint density at radius 1 is 0.111 bits per heavy atom. The van der Waals surface area contributed by atoms with E-state index >= 15 is 0 Å². The SMILES string of the molecule is O=P(O)(O)O.O=P(O)(O)O.O=P(O)(O)O.O=P(O)(O)O.O=P(O)(O)O.O=P(O)(O)O.O=P(O)(O)O.O=P(O)(O)O.O=P(O)(O)O.O=P(O)(O)O.O=P(O)(O)O.O=P(O)(O)O.[NaH].[NaH].[NaH]. The van der Waals surface area contributed by atoms with E-state index in [1.165, 1.54) is 0 Å². The second-order valence-electron chi connectivity index (χ2n) is 6.16. The predicted molar refractivity (Wildman–Crippen MR) is 193 cm³/mol. The first kappa shape index (κ1) is 108. The van der Waals surface area contributed by atoms with E-state index in [0.29, 0.717) is 0 Å². The minimum atomic E-state index is -4.64. The molecule has 0 saturated heterocycles. The van der Waals surface area contributed by atoms with Crippen LogP contribution < -0.4 is 0 Å². The maximum absolute atomic E-state index is 8.88. The first-order valence-corrected chi connectivity index (χ1v) is 28.2. The van der Waals surface area contributed by atoms with Crippen LogP contribution in [0.1, 0.15) is 0 Å². The quantitative estimate of drug-likeness (QED) is 0.0791. The molecule has 0 radical (unpaired) electrons. The van der Waals surface area contributed by atoms with Gasteiger partial charge >= 0.3 is 183 Å². The number of hydrogen-bond donors (Lipinski definition) is 36. The third-order valence-electron chi connectivity index (χ3n) is 0. The fourth-order valence-electron chi connectivity index (χ4n) is 0. The molecule has 0 spiro atoms. The van der Waals surface area contributed by atoms with Gasteiger partial charge in [-0.1, -0.05) is 0 Å². The van der Waals surface area contributed by atoms with Crippen molar-refractivity contribution in [3.05, 3.63) is 0 Å². The minimum absolute atomic E-state index is 0. The summed E-state index contributed by atoms with van der Waals surface area (Å²) in [6.45, 7) is 0. The van der Waals surface area contributed by atoms with Crippen LogP contribution in [0.5, 0.6) is 0 Å². The number of phosphoric acid groups is 12. The van der Waals surface area contributed by atoms with Crippen LogP contribution in [-0.4, -0.2) is 265 Å². The Balaban J connectivity index is -0.0000000306. The molecule has 0 aromatic rings. The van der Waals surface area contributed by atoms with Gasteiger partial charge in [0.2, 0.25) is 0 Å². The molecule has 0 bridgehead atoms. The van der Waals surface area contributed by atoms with Crippen molar-refractivity contribution in [2.24, 2.45) is 0 Å². The molecule has 0 rings (SSSR count). The van der Waals surface area contributed by atoms with E-state index in [0.717, 1.165) is 0 Å². The summed E-state index contributed by atoms with van der Waals surface area (Å²) in [6, 6.07) is 0. The Hall–Kier alpha value is 4.32. The fraction of sp³-hybridized carbons (Fsp3) is 0. The first-order valence-electron chi connectivity index (χ1n) is 9.39. The molecule has 0 saturated carbocycles. The molecule has 0 heterocycles. The summed E-state index contributed by atoms with van der Waals surface area (Å²) in [6.07, 6.45) is 0. The van der Waals surface area contributed by atoms with Gasteiger partial charge < -0.3 is 176 Å². The zero-order valence-corrected chi connectivity index (χ0v) is 37.1. The van der Waals surface area contributed by atoms with Gasteiger partial charge in [-0.2, -0.15) is 0 Å². The molecule has 390 valence electrons. The van der Waals surface area contributed by atoms with Crippen LogP contribution in [0.15, 0.2) is 0 Å². The molecule has 0 atom stereocenters. The zero-order chi connectivity index (χ0) is 54.0. The second-order valence-corrected chi connectivity index (χ2v) is 18.5. The van der Waals surface area contributed by atoms with Crippen LogP contribution in [0, 0.1) is 0 Å². The molecule has 0 aliphatic carbocycles. The van der Waals surface area contributed by atoms with Crippen molar-refractivity contribution in [3.8, 4) is 0 Å². The van der Waals surface area contributed by atoms with Crippen LogP contribution >= 0.6 is 93.9 Å². The summed E-state index contributed by atoms with van der Waals surface area (Å²) < 4.78 is 107. The molecule has 0 aromatic carbocycles. The van der Waals surface area contributed by atoms with Crippen LogP contribution in [0.2, 0.25) is 0 Å². The molecular formula is H39Na3O48P12. The van der Waals surface area contributed by atoms with Crippen molar-refractivity contribution in [2.45, 2.75) is 0 Å². The van der Waals surface area contributed by atoms with Gasteiger partial charge in [-0.15, -0.1) is 0 Å². The van der Waals surface area contributed by atoms with Crippen LogP contribution in [0.4, 0.5) is 0 Å². The maximum atomic E-state index is 8.88. The summed E-state index contributed by atoms with van der Waals surface area (Å²) in [7, 11) is -55.7. The summed E-state index contributed by atoms with van der Waals surface area (Å²) in [5.74, 6) is 0. The van der Waals surface area contributed by atoms with Crippen molar-refractivity contribution in [3.63, 3.8) is 0 Å². The van der Waals surface area contributed by atoms with Gasteiger partial charge in [0.1, 0.15) is 0 Å². The number of hydrogen-bond acceptors (Lipinski definition) is 12. The number of rotatable bonds is 0. The Kier molecular flexibility index (Phi) is 83.4. The zero-order valence-electron chi connectivity index (χ0n) is 26.4. The molecule has 0 aliphatic heterocycles. The topological polar surface area (TPSA) is 933 Å². The average Bonchev–Trinajstić information content (AvgIpc) is 2.48. The first-order chi connectivity index (χ1) is 24.0. The third-order valence-corrected chi connectivity index (χ3v) is 0. The monoisotopic (exact) mass is 1250 g/mol. The molecular weight excluding hydrogens is 1210 g/mol. The van der Waals surface area contributed by atoms with Crippen LogP contribution in [0.3, 0.4) is 0 Å². The Labute approximate surface area is 410 Å². The Morgan fingerprint density at radius 3 is 0.111 bits per heavy atom. The van der Waals surface area contributed by atoms with E-state index in [4.69, 9.17) is 231 Å². The summed E-state index contributed by atoms with van der Waals surface area (Å²) in [4.78, 5) is 259. The Morgan fingerprint density at radius 2 is 0.111 bits per heavy atom. The average molecular weight is 1250 g/mol. The molecule has 63 heavy (non-hydrogen) atoms. The van der Waals surface area contributed by atoms with E-state index in [2.05, 4.69) is 0 Å². The molecule has 0 unspecified atom stereocenters. The van der Waals surface area contributed by atoms with Crippen molar-refractivity contribution < 1.29 is 231 Å². The van der Waals surface area contributed by atoms with Gasteiger partial charge in [-0.25, -0.2) is 54.8 Å². The van der Waals surface area contributed by atoms with Gasteiger partial charge in [0, 0.05) is 0 Å². The van der Waals surface area contributed by atoms with Crippen LogP contribution in [0.25, 0.3) is 0 Å². The van der Waals surface area contributed by atoms with Gasteiger partial charge in [-0.05, 0) is 0 Å². The molecule has 0 aromatic heterocycles. The van der Waals surface area contributed by atoms with E-state index in [1.54, 1.807) is 0 Å². The molecule has 36 N–H and O–H groups in total. The van der Waals surface area contributed by atoms with Gasteiger partial charge in [0.15, 0.2) is 0 Å². The molecule has 0 fully saturated rings. The van der Waals surface area contributed by atoms with E-state index in [-0.39, 0.29) is 88.7 Å². The van der Waals surface area contributed by atoms with E-state index in [9.17, 15) is 0 Å². The van der Waals surface area contributed by atoms with E-state index in [1.807, 2.05) is 0 Å². The molecule has 48 nitrogen and oxygen atoms in total. The second kappa shape index (κ2) is 48.6. The standard InChI is InChI=1S/3Na.12H3O4P.3H/c;;;12*1-5(2,3)4;;;/h;;;12*(H3,1,2,3,4);;;. The summed E-state index contributed by atoms with van der Waals surface area (Å²) >= 11 is 0. The normalized spacial score (nSPS) is 11.2. The molecule has 0 aliphatic rings. The van der Waals surface area contributed by atoms with Crippen molar-refractivity contribution in [1.29, 1.82) is 0 Å². The van der Waals surface area contributed by atoms with E-state index < -0.39 is 93.9 Å². The summed E-state index contributed by atoms with van der Waals surface area (Å²) in [5, 5.41) is 0. The van der Waals surface area contributed by atoms with Gasteiger partial charge in [0.05, 0.1) is 0 Å². The fourth-order valence-corrected chi connectivity index (χ4v) is 0. The van der Waals surface area contributed by atoms with Crippen molar-refractivity contribution in [1.82, 2.24) is 0 Å². The van der Waals surface area contributed by atoms with Crippen molar-refractivity contribution in [2.75, 3.05) is 0 Å². The molecule has 0 amide bonds. The van der Waals surface area contributed by atoms with Crippen molar-refractivity contribution >= 4 is 183 Å². The van der Waals surface area contributed by atoms with Crippen LogP contribution in [-0.2, 0) is 54.8 Å². The van der Waals surface area contributed by atoms with Gasteiger partial charge in [-0.3, -0.25) is 0 Å².